The lowest BCUT2D eigenvalue weighted by atomic mass is 10.0. The van der Waals surface area contributed by atoms with E-state index in [1.54, 1.807) is 42.5 Å². The molecular weight excluding hydrogens is 613 g/mol. The topological polar surface area (TPSA) is 86.8 Å². The van der Waals surface area contributed by atoms with Crippen LogP contribution in [-0.4, -0.2) is 43.8 Å². The molecule has 0 radical (unpaired) electrons. The fourth-order valence-corrected chi connectivity index (χ4v) is 7.10. The molecule has 234 valence electrons. The van der Waals surface area contributed by atoms with Gasteiger partial charge in [-0.1, -0.05) is 85.1 Å². The molecule has 0 spiro atoms. The first-order valence-electron chi connectivity index (χ1n) is 14.9. The van der Waals surface area contributed by atoms with Crippen molar-refractivity contribution >= 4 is 39.1 Å². The van der Waals surface area contributed by atoms with Gasteiger partial charge in [0.05, 0.1) is 10.6 Å². The molecule has 4 aromatic rings. The summed E-state index contributed by atoms with van der Waals surface area (Å²) in [5, 5.41) is 3.51. The molecule has 7 nitrogen and oxygen atoms in total. The zero-order valence-corrected chi connectivity index (χ0v) is 26.3. The van der Waals surface area contributed by atoms with Crippen molar-refractivity contribution < 1.29 is 22.4 Å². The lowest BCUT2D eigenvalue weighted by molar-refractivity contribution is -0.140. The number of hydrogen-bond donors (Lipinski definition) is 1. The van der Waals surface area contributed by atoms with Crippen molar-refractivity contribution in [3.8, 4) is 0 Å². The molecule has 2 amide bonds. The number of nitrogens with one attached hydrogen (secondary N) is 1. The zero-order chi connectivity index (χ0) is 31.8. The minimum Gasteiger partial charge on any atom is -0.352 e. The largest absolute Gasteiger partial charge is 0.352 e. The number of para-hydroxylation sites is 1. The molecule has 1 aliphatic carbocycles. The van der Waals surface area contributed by atoms with E-state index in [0.29, 0.717) is 10.6 Å². The number of sulfonamides is 1. The van der Waals surface area contributed by atoms with Gasteiger partial charge in [-0.2, -0.15) is 0 Å². The number of carbonyl (C=O) groups is 2. The van der Waals surface area contributed by atoms with E-state index < -0.39 is 34.3 Å². The van der Waals surface area contributed by atoms with E-state index in [4.69, 9.17) is 11.6 Å². The number of nitrogens with zero attached hydrogens (tertiary/aromatic N) is 2. The second-order valence-corrected chi connectivity index (χ2v) is 13.4. The molecule has 10 heteroatoms. The maximum Gasteiger partial charge on any atom is 0.264 e. The molecule has 0 saturated heterocycles. The molecule has 0 bridgehead atoms. The third-order valence-corrected chi connectivity index (χ3v) is 10.0. The molecule has 1 saturated carbocycles. The molecule has 0 aromatic heterocycles. The Morgan fingerprint density at radius 1 is 0.822 bits per heavy atom. The molecule has 4 aromatic carbocycles. The highest BCUT2D eigenvalue weighted by molar-refractivity contribution is 7.92. The van der Waals surface area contributed by atoms with Gasteiger partial charge < -0.3 is 10.2 Å². The first-order valence-corrected chi connectivity index (χ1v) is 16.7. The first kappa shape index (κ1) is 32.2. The average Bonchev–Trinajstić information content (AvgIpc) is 3.56. The number of rotatable bonds is 12. The number of anilines is 1. The van der Waals surface area contributed by atoms with Crippen LogP contribution in [-0.2, 0) is 32.6 Å². The standard InChI is InChI=1S/C35H35ClFN3O4S/c36-28-17-21-32(22-18-28)45(43,44)40(31-13-5-2-6-14-31)25-34(41)39(24-27-15-19-29(37)20-16-27)33(23-26-9-3-1-4-10-26)35(42)38-30-11-7-8-12-30/h1-6,9-10,13-22,30,33H,7-8,11-12,23-25H2,(H,38,42)/t33-/m1/s1. The minimum atomic E-state index is -4.22. The van der Waals surface area contributed by atoms with Crippen LogP contribution in [0.5, 0.6) is 0 Å². The zero-order valence-electron chi connectivity index (χ0n) is 24.7. The van der Waals surface area contributed by atoms with Gasteiger partial charge >= 0.3 is 0 Å². The highest BCUT2D eigenvalue weighted by Crippen LogP contribution is 2.26. The third kappa shape index (κ3) is 8.29. The Bertz CT molecular complexity index is 1680. The van der Waals surface area contributed by atoms with Crippen molar-refractivity contribution in [1.82, 2.24) is 10.2 Å². The number of halogens is 2. The van der Waals surface area contributed by atoms with Gasteiger partial charge in [0, 0.05) is 24.0 Å². The van der Waals surface area contributed by atoms with Gasteiger partial charge in [-0.3, -0.25) is 13.9 Å². The SMILES string of the molecule is O=C(NC1CCCC1)[C@@H](Cc1ccccc1)N(Cc1ccc(F)cc1)C(=O)CN(c1ccccc1)S(=O)(=O)c1ccc(Cl)cc1. The summed E-state index contributed by atoms with van der Waals surface area (Å²) < 4.78 is 42.9. The van der Waals surface area contributed by atoms with E-state index >= 15 is 0 Å². The van der Waals surface area contributed by atoms with Crippen LogP contribution in [0.4, 0.5) is 10.1 Å². The molecule has 0 heterocycles. The van der Waals surface area contributed by atoms with Crippen molar-refractivity contribution in [3.63, 3.8) is 0 Å². The summed E-state index contributed by atoms with van der Waals surface area (Å²) in [4.78, 5) is 29.8. The van der Waals surface area contributed by atoms with E-state index in [1.165, 1.54) is 41.3 Å². The Balaban J connectivity index is 1.54. The van der Waals surface area contributed by atoms with E-state index in [0.717, 1.165) is 35.6 Å². The monoisotopic (exact) mass is 647 g/mol. The van der Waals surface area contributed by atoms with Crippen molar-refractivity contribution in [1.29, 1.82) is 0 Å². The summed E-state index contributed by atoms with van der Waals surface area (Å²) in [5.41, 5.74) is 1.73. The lowest BCUT2D eigenvalue weighted by Crippen LogP contribution is -2.54. The van der Waals surface area contributed by atoms with Crippen molar-refractivity contribution in [2.75, 3.05) is 10.8 Å². The average molecular weight is 648 g/mol. The Labute approximate surface area is 268 Å². The highest BCUT2D eigenvalue weighted by atomic mass is 35.5. The fraction of sp³-hybridized carbons (Fsp3) is 0.257. The Hall–Kier alpha value is -4.21. The van der Waals surface area contributed by atoms with Crippen molar-refractivity contribution in [2.24, 2.45) is 0 Å². The lowest BCUT2D eigenvalue weighted by Gasteiger charge is -2.34. The summed E-state index contributed by atoms with van der Waals surface area (Å²) in [7, 11) is -4.22. The van der Waals surface area contributed by atoms with Crippen LogP contribution >= 0.6 is 11.6 Å². The fourth-order valence-electron chi connectivity index (χ4n) is 5.56. The van der Waals surface area contributed by atoms with Gasteiger partial charge in [0.15, 0.2) is 0 Å². The predicted octanol–water partition coefficient (Wildman–Crippen LogP) is 6.37. The predicted molar refractivity (Wildman–Crippen MR) is 174 cm³/mol. The summed E-state index contributed by atoms with van der Waals surface area (Å²) in [6, 6.07) is 28.2. The van der Waals surface area contributed by atoms with Crippen LogP contribution in [0, 0.1) is 5.82 Å². The smallest absolute Gasteiger partial charge is 0.264 e. The van der Waals surface area contributed by atoms with Gasteiger partial charge in [-0.05, 0) is 72.5 Å². The van der Waals surface area contributed by atoms with E-state index in [-0.39, 0.29) is 35.5 Å². The number of benzene rings is 4. The van der Waals surface area contributed by atoms with E-state index in [9.17, 15) is 22.4 Å². The third-order valence-electron chi connectivity index (χ3n) is 7.96. The molecule has 1 N–H and O–H groups in total. The normalized spacial score (nSPS) is 14.1. The minimum absolute atomic E-state index is 0.00430. The first-order chi connectivity index (χ1) is 21.7. The summed E-state index contributed by atoms with van der Waals surface area (Å²) in [6.07, 6.45) is 3.96. The maximum atomic E-state index is 14.4. The Morgan fingerprint density at radius 3 is 2.04 bits per heavy atom. The second kappa shape index (κ2) is 14.7. The molecule has 0 unspecified atom stereocenters. The van der Waals surface area contributed by atoms with Crippen LogP contribution < -0.4 is 9.62 Å². The van der Waals surface area contributed by atoms with Gasteiger partial charge in [-0.25, -0.2) is 12.8 Å². The van der Waals surface area contributed by atoms with E-state index in [1.807, 2.05) is 30.3 Å². The summed E-state index contributed by atoms with van der Waals surface area (Å²) >= 11 is 6.03. The molecule has 1 aliphatic rings. The van der Waals surface area contributed by atoms with Gasteiger partial charge in [-0.15, -0.1) is 0 Å². The van der Waals surface area contributed by atoms with Crippen LogP contribution in [0.15, 0.2) is 114 Å². The van der Waals surface area contributed by atoms with Crippen molar-refractivity contribution in [3.05, 3.63) is 131 Å². The van der Waals surface area contributed by atoms with Gasteiger partial charge in [0.1, 0.15) is 18.4 Å². The Kier molecular flexibility index (Phi) is 10.5. The molecule has 5 rings (SSSR count). The molecular formula is C35H35ClFN3O4S. The number of amides is 2. The van der Waals surface area contributed by atoms with Crippen LogP contribution in [0.2, 0.25) is 5.02 Å². The van der Waals surface area contributed by atoms with Crippen LogP contribution in [0.25, 0.3) is 0 Å². The molecule has 45 heavy (non-hydrogen) atoms. The Morgan fingerprint density at radius 2 is 1.42 bits per heavy atom. The number of hydrogen-bond acceptors (Lipinski definition) is 4. The molecule has 1 fully saturated rings. The quantitative estimate of drug-likeness (QED) is 0.194. The number of carbonyl (C=O) groups excluding carboxylic acids is 2. The highest BCUT2D eigenvalue weighted by Gasteiger charge is 2.35. The van der Waals surface area contributed by atoms with Gasteiger partial charge in [0.2, 0.25) is 11.8 Å². The van der Waals surface area contributed by atoms with Crippen molar-refractivity contribution in [2.45, 2.75) is 55.6 Å². The molecule has 1 atom stereocenters. The second-order valence-electron chi connectivity index (χ2n) is 11.1. The summed E-state index contributed by atoms with van der Waals surface area (Å²) in [5.74, 6) is -1.32. The van der Waals surface area contributed by atoms with Gasteiger partial charge in [0.25, 0.3) is 10.0 Å². The van der Waals surface area contributed by atoms with E-state index in [2.05, 4.69) is 5.32 Å². The van der Waals surface area contributed by atoms with Crippen LogP contribution in [0.3, 0.4) is 0 Å². The molecule has 0 aliphatic heterocycles. The van der Waals surface area contributed by atoms with Crippen LogP contribution in [0.1, 0.15) is 36.8 Å². The summed E-state index contributed by atoms with van der Waals surface area (Å²) in [6.45, 7) is -0.601. The maximum absolute atomic E-state index is 14.4.